The van der Waals surface area contributed by atoms with Crippen LogP contribution >= 0.6 is 0 Å². The highest BCUT2D eigenvalue weighted by Crippen LogP contribution is 2.13. The monoisotopic (exact) mass is 278 g/mol. The SMILES string of the molecule is CCOC(CCNC(=O)c1cc(N)ccc1C)C(C)C. The molecule has 1 atom stereocenters. The van der Waals surface area contributed by atoms with Crippen LogP contribution in [-0.4, -0.2) is 25.2 Å². The molecular weight excluding hydrogens is 252 g/mol. The van der Waals surface area contributed by atoms with E-state index in [-0.39, 0.29) is 12.0 Å². The molecule has 0 aliphatic heterocycles. The quantitative estimate of drug-likeness (QED) is 0.754. The van der Waals surface area contributed by atoms with Crippen LogP contribution in [0.1, 0.15) is 43.1 Å². The molecule has 0 aliphatic carbocycles. The molecule has 0 heterocycles. The average molecular weight is 278 g/mol. The number of rotatable bonds is 7. The second-order valence-corrected chi connectivity index (χ2v) is 5.36. The molecule has 1 aromatic carbocycles. The topological polar surface area (TPSA) is 64.3 Å². The first-order valence-electron chi connectivity index (χ1n) is 7.21. The van der Waals surface area contributed by atoms with Crippen LogP contribution in [0.15, 0.2) is 18.2 Å². The summed E-state index contributed by atoms with van der Waals surface area (Å²) < 4.78 is 5.66. The summed E-state index contributed by atoms with van der Waals surface area (Å²) in [6.07, 6.45) is 1.00. The molecule has 0 aromatic heterocycles. The van der Waals surface area contributed by atoms with Gasteiger partial charge in [-0.3, -0.25) is 4.79 Å². The van der Waals surface area contributed by atoms with Gasteiger partial charge in [0, 0.05) is 24.4 Å². The Balaban J connectivity index is 2.53. The predicted octanol–water partition coefficient (Wildman–Crippen LogP) is 2.76. The number of ether oxygens (including phenoxy) is 1. The lowest BCUT2D eigenvalue weighted by atomic mass is 10.0. The van der Waals surface area contributed by atoms with Crippen molar-refractivity contribution in [1.29, 1.82) is 0 Å². The largest absolute Gasteiger partial charge is 0.399 e. The van der Waals surface area contributed by atoms with Crippen molar-refractivity contribution in [2.45, 2.75) is 40.2 Å². The number of amides is 1. The van der Waals surface area contributed by atoms with Crippen LogP contribution in [0.2, 0.25) is 0 Å². The number of hydrogen-bond acceptors (Lipinski definition) is 3. The molecule has 0 bridgehead atoms. The van der Waals surface area contributed by atoms with Gasteiger partial charge in [0.25, 0.3) is 5.91 Å². The van der Waals surface area contributed by atoms with Gasteiger partial charge in [-0.15, -0.1) is 0 Å². The van der Waals surface area contributed by atoms with Crippen molar-refractivity contribution in [3.05, 3.63) is 29.3 Å². The smallest absolute Gasteiger partial charge is 0.251 e. The number of nitrogen functional groups attached to an aromatic ring is 1. The van der Waals surface area contributed by atoms with Crippen LogP contribution in [0.4, 0.5) is 5.69 Å². The summed E-state index contributed by atoms with van der Waals surface area (Å²) in [4.78, 5) is 12.1. The maximum atomic E-state index is 12.1. The van der Waals surface area contributed by atoms with Crippen molar-refractivity contribution in [3.8, 4) is 0 Å². The number of benzene rings is 1. The zero-order valence-corrected chi connectivity index (χ0v) is 12.9. The normalized spacial score (nSPS) is 12.4. The number of nitrogens with one attached hydrogen (secondary N) is 1. The van der Waals surface area contributed by atoms with Gasteiger partial charge in [-0.05, 0) is 43.9 Å². The molecule has 20 heavy (non-hydrogen) atoms. The molecule has 1 unspecified atom stereocenters. The van der Waals surface area contributed by atoms with E-state index < -0.39 is 0 Å². The average Bonchev–Trinajstić information content (AvgIpc) is 2.40. The second-order valence-electron chi connectivity index (χ2n) is 5.36. The number of carbonyl (C=O) groups excluding carboxylic acids is 1. The Kier molecular flexibility index (Phi) is 6.52. The number of aryl methyl sites for hydroxylation is 1. The highest BCUT2D eigenvalue weighted by molar-refractivity contribution is 5.96. The van der Waals surface area contributed by atoms with Crippen LogP contribution in [0, 0.1) is 12.8 Å². The van der Waals surface area contributed by atoms with Gasteiger partial charge in [0.15, 0.2) is 0 Å². The fraction of sp³-hybridized carbons (Fsp3) is 0.562. The maximum absolute atomic E-state index is 12.1. The first kappa shape index (κ1) is 16.5. The van der Waals surface area contributed by atoms with Crippen molar-refractivity contribution < 1.29 is 9.53 Å². The number of carbonyl (C=O) groups is 1. The van der Waals surface area contributed by atoms with Gasteiger partial charge in [-0.25, -0.2) is 0 Å². The number of anilines is 1. The molecule has 0 saturated carbocycles. The van der Waals surface area contributed by atoms with E-state index in [1.54, 1.807) is 12.1 Å². The van der Waals surface area contributed by atoms with Gasteiger partial charge in [0.2, 0.25) is 0 Å². The van der Waals surface area contributed by atoms with Crippen molar-refractivity contribution in [2.75, 3.05) is 18.9 Å². The highest BCUT2D eigenvalue weighted by atomic mass is 16.5. The van der Waals surface area contributed by atoms with Gasteiger partial charge in [0.1, 0.15) is 0 Å². The van der Waals surface area contributed by atoms with Crippen LogP contribution < -0.4 is 11.1 Å². The summed E-state index contributed by atoms with van der Waals surface area (Å²) in [7, 11) is 0. The zero-order chi connectivity index (χ0) is 15.1. The van der Waals surface area contributed by atoms with Crippen molar-refractivity contribution in [3.63, 3.8) is 0 Å². The summed E-state index contributed by atoms with van der Waals surface area (Å²) >= 11 is 0. The van der Waals surface area contributed by atoms with E-state index in [0.717, 1.165) is 12.0 Å². The molecule has 1 aromatic rings. The molecule has 0 fully saturated rings. The Hall–Kier alpha value is -1.55. The van der Waals surface area contributed by atoms with Crippen molar-refractivity contribution in [1.82, 2.24) is 5.32 Å². The third-order valence-corrected chi connectivity index (χ3v) is 3.34. The highest BCUT2D eigenvalue weighted by Gasteiger charge is 2.14. The van der Waals surface area contributed by atoms with E-state index in [2.05, 4.69) is 19.2 Å². The predicted molar refractivity (Wildman–Crippen MR) is 82.8 cm³/mol. The van der Waals surface area contributed by atoms with Gasteiger partial charge >= 0.3 is 0 Å². The molecule has 1 amide bonds. The van der Waals surface area contributed by atoms with Gasteiger partial charge in [-0.1, -0.05) is 19.9 Å². The second kappa shape index (κ2) is 7.90. The molecular formula is C16H26N2O2. The van der Waals surface area contributed by atoms with Crippen molar-refractivity contribution >= 4 is 11.6 Å². The molecule has 0 aliphatic rings. The van der Waals surface area contributed by atoms with Crippen LogP contribution in [0.25, 0.3) is 0 Å². The molecule has 4 nitrogen and oxygen atoms in total. The fourth-order valence-corrected chi connectivity index (χ4v) is 2.13. The Morgan fingerprint density at radius 1 is 1.40 bits per heavy atom. The molecule has 0 saturated heterocycles. The lowest BCUT2D eigenvalue weighted by Crippen LogP contribution is -2.30. The molecule has 0 radical (unpaired) electrons. The third kappa shape index (κ3) is 4.85. The lowest BCUT2D eigenvalue weighted by molar-refractivity contribution is 0.0251. The van der Waals surface area contributed by atoms with Crippen LogP contribution in [-0.2, 0) is 4.74 Å². The van der Waals surface area contributed by atoms with E-state index in [4.69, 9.17) is 10.5 Å². The van der Waals surface area contributed by atoms with Crippen molar-refractivity contribution in [2.24, 2.45) is 5.92 Å². The van der Waals surface area contributed by atoms with Gasteiger partial charge in [-0.2, -0.15) is 0 Å². The minimum Gasteiger partial charge on any atom is -0.399 e. The van der Waals surface area contributed by atoms with E-state index in [1.807, 2.05) is 19.9 Å². The number of nitrogens with two attached hydrogens (primary N) is 1. The van der Waals surface area contributed by atoms with Crippen LogP contribution in [0.3, 0.4) is 0 Å². The molecule has 0 spiro atoms. The Labute approximate surface area is 121 Å². The molecule has 3 N–H and O–H groups in total. The fourth-order valence-electron chi connectivity index (χ4n) is 2.13. The standard InChI is InChI=1S/C16H26N2O2/c1-5-20-15(11(2)3)8-9-18-16(19)14-10-13(17)7-6-12(14)4/h6-7,10-11,15H,5,8-9,17H2,1-4H3,(H,18,19). The van der Waals surface area contributed by atoms with Gasteiger partial charge < -0.3 is 15.8 Å². The lowest BCUT2D eigenvalue weighted by Gasteiger charge is -2.21. The first-order chi connectivity index (χ1) is 9.45. The summed E-state index contributed by atoms with van der Waals surface area (Å²) in [5, 5.41) is 2.94. The first-order valence-corrected chi connectivity index (χ1v) is 7.21. The Morgan fingerprint density at radius 3 is 2.70 bits per heavy atom. The minimum absolute atomic E-state index is 0.0752. The van der Waals surface area contributed by atoms with Crippen LogP contribution in [0.5, 0.6) is 0 Å². The molecule has 112 valence electrons. The third-order valence-electron chi connectivity index (χ3n) is 3.34. The Bertz CT molecular complexity index is 444. The van der Waals surface area contributed by atoms with E-state index >= 15 is 0 Å². The van der Waals surface area contributed by atoms with Gasteiger partial charge in [0.05, 0.1) is 6.10 Å². The minimum atomic E-state index is -0.0752. The van der Waals surface area contributed by atoms with E-state index in [1.165, 1.54) is 0 Å². The molecule has 4 heteroatoms. The zero-order valence-electron chi connectivity index (χ0n) is 12.9. The summed E-state index contributed by atoms with van der Waals surface area (Å²) in [5.41, 5.74) is 7.90. The molecule has 1 rings (SSSR count). The summed E-state index contributed by atoms with van der Waals surface area (Å²) in [5.74, 6) is 0.370. The maximum Gasteiger partial charge on any atom is 0.251 e. The van der Waals surface area contributed by atoms with E-state index in [0.29, 0.717) is 30.3 Å². The Morgan fingerprint density at radius 2 is 2.10 bits per heavy atom. The summed E-state index contributed by atoms with van der Waals surface area (Å²) in [6, 6.07) is 5.38. The number of hydrogen-bond donors (Lipinski definition) is 2. The summed E-state index contributed by atoms with van der Waals surface area (Å²) in [6.45, 7) is 9.46. The van der Waals surface area contributed by atoms with E-state index in [9.17, 15) is 4.79 Å².